The molecule has 4 aromatic rings. The van der Waals surface area contributed by atoms with E-state index < -0.39 is 17.7 Å². The Balaban J connectivity index is 1.74. The van der Waals surface area contributed by atoms with E-state index in [2.05, 4.69) is 4.98 Å². The third-order valence-electron chi connectivity index (χ3n) is 5.56. The summed E-state index contributed by atoms with van der Waals surface area (Å²) >= 11 is 0. The van der Waals surface area contributed by atoms with Gasteiger partial charge in [0.15, 0.2) is 5.76 Å². The first-order valence-electron chi connectivity index (χ1n) is 9.99. The maximum Gasteiger partial charge on any atom is 0.296 e. The van der Waals surface area contributed by atoms with E-state index in [9.17, 15) is 19.8 Å². The van der Waals surface area contributed by atoms with Crippen molar-refractivity contribution in [3.8, 4) is 5.75 Å². The first-order valence-corrected chi connectivity index (χ1v) is 9.99. The number of pyridine rings is 1. The number of likely N-dealkylation sites (tertiary alicyclic amines) is 1. The van der Waals surface area contributed by atoms with Crippen molar-refractivity contribution in [3.63, 3.8) is 0 Å². The normalized spacial score (nSPS) is 18.0. The van der Waals surface area contributed by atoms with Gasteiger partial charge < -0.3 is 19.5 Å². The van der Waals surface area contributed by atoms with Crippen molar-refractivity contribution >= 4 is 23.1 Å². The molecule has 8 nitrogen and oxygen atoms in total. The van der Waals surface area contributed by atoms with Gasteiger partial charge in [0.2, 0.25) is 0 Å². The molecule has 160 valence electrons. The van der Waals surface area contributed by atoms with Gasteiger partial charge in [-0.1, -0.05) is 18.2 Å². The van der Waals surface area contributed by atoms with E-state index in [1.807, 2.05) is 6.07 Å². The second-order valence-electron chi connectivity index (χ2n) is 7.58. The van der Waals surface area contributed by atoms with E-state index in [0.29, 0.717) is 28.4 Å². The van der Waals surface area contributed by atoms with Crippen molar-refractivity contribution in [2.75, 3.05) is 0 Å². The SMILES string of the molecule is Cc1nc2ccccn2c1C(O)=C1C(=O)C(=O)N(Cc2ccco2)C1c1cccc(O)c1. The first-order chi connectivity index (χ1) is 15.5. The standard InChI is InChI=1S/C24H19N3O5/c1-14-20(26-10-3-2-9-18(26)25-14)22(29)19-21(15-6-4-7-16(28)12-15)27(24(31)23(19)30)13-17-8-5-11-32-17/h2-12,21,28-29H,13H2,1H3. The average molecular weight is 429 g/mol. The highest BCUT2D eigenvalue weighted by Crippen LogP contribution is 2.41. The highest BCUT2D eigenvalue weighted by Gasteiger charge is 2.47. The summed E-state index contributed by atoms with van der Waals surface area (Å²) in [5.74, 6) is -1.43. The molecule has 5 rings (SSSR count). The Hall–Kier alpha value is -4.33. The van der Waals surface area contributed by atoms with Crippen molar-refractivity contribution in [2.45, 2.75) is 19.5 Å². The quantitative estimate of drug-likeness (QED) is 0.292. The van der Waals surface area contributed by atoms with Crippen LogP contribution in [0.5, 0.6) is 5.75 Å². The molecule has 4 heterocycles. The summed E-state index contributed by atoms with van der Waals surface area (Å²) in [7, 11) is 0. The number of amides is 1. The minimum atomic E-state index is -0.916. The molecule has 0 radical (unpaired) electrons. The Morgan fingerprint density at radius 1 is 1.12 bits per heavy atom. The van der Waals surface area contributed by atoms with Crippen LogP contribution >= 0.6 is 0 Å². The number of nitrogens with zero attached hydrogens (tertiary/aromatic N) is 3. The lowest BCUT2D eigenvalue weighted by Crippen LogP contribution is -2.29. The molecule has 1 atom stereocenters. The Morgan fingerprint density at radius 2 is 1.97 bits per heavy atom. The largest absolute Gasteiger partial charge is 0.508 e. The third-order valence-corrected chi connectivity index (χ3v) is 5.56. The Bertz CT molecular complexity index is 1380. The number of phenols is 1. The van der Waals surface area contributed by atoms with Crippen LogP contribution in [0, 0.1) is 6.92 Å². The molecule has 32 heavy (non-hydrogen) atoms. The smallest absolute Gasteiger partial charge is 0.296 e. The predicted octanol–water partition coefficient (Wildman–Crippen LogP) is 3.56. The van der Waals surface area contributed by atoms with Crippen molar-refractivity contribution in [2.24, 2.45) is 0 Å². The van der Waals surface area contributed by atoms with Crippen LogP contribution in [0.1, 0.15) is 28.8 Å². The van der Waals surface area contributed by atoms with E-state index in [4.69, 9.17) is 4.42 Å². The minimum absolute atomic E-state index is 0.0166. The van der Waals surface area contributed by atoms with Gasteiger partial charge in [-0.15, -0.1) is 0 Å². The molecular formula is C24H19N3O5. The Morgan fingerprint density at radius 3 is 2.72 bits per heavy atom. The number of aliphatic hydroxyl groups excluding tert-OH is 1. The zero-order chi connectivity index (χ0) is 22.4. The molecule has 0 aliphatic carbocycles. The van der Waals surface area contributed by atoms with E-state index >= 15 is 0 Å². The maximum atomic E-state index is 13.2. The lowest BCUT2D eigenvalue weighted by atomic mass is 9.96. The first kappa shape index (κ1) is 19.6. The summed E-state index contributed by atoms with van der Waals surface area (Å²) in [6.07, 6.45) is 3.21. The number of hydrogen-bond donors (Lipinski definition) is 2. The number of phenolic OH excluding ortho intramolecular Hbond substituents is 1. The fourth-order valence-corrected chi connectivity index (χ4v) is 4.18. The zero-order valence-electron chi connectivity index (χ0n) is 17.1. The van der Waals surface area contributed by atoms with Gasteiger partial charge in [0.1, 0.15) is 22.9 Å². The maximum absolute atomic E-state index is 13.2. The number of hydrogen-bond acceptors (Lipinski definition) is 6. The minimum Gasteiger partial charge on any atom is -0.508 e. The molecule has 3 aromatic heterocycles. The number of aromatic nitrogens is 2. The Kier molecular flexibility index (Phi) is 4.55. The number of aryl methyl sites for hydroxylation is 1. The summed E-state index contributed by atoms with van der Waals surface area (Å²) in [6, 6.07) is 14.2. The molecule has 1 aromatic carbocycles. The summed E-state index contributed by atoms with van der Waals surface area (Å²) in [5.41, 5.74) is 1.87. The van der Waals surface area contributed by atoms with Crippen LogP contribution in [-0.2, 0) is 16.1 Å². The number of carbonyl (C=O) groups excluding carboxylic acids is 2. The van der Waals surface area contributed by atoms with Gasteiger partial charge in [0, 0.05) is 6.20 Å². The number of benzene rings is 1. The monoisotopic (exact) mass is 429 g/mol. The molecule has 1 aliphatic rings. The fourth-order valence-electron chi connectivity index (χ4n) is 4.18. The molecule has 1 unspecified atom stereocenters. The highest BCUT2D eigenvalue weighted by molar-refractivity contribution is 6.46. The second kappa shape index (κ2) is 7.42. The lowest BCUT2D eigenvalue weighted by Gasteiger charge is -2.24. The number of imidazole rings is 1. The number of furan rings is 1. The van der Waals surface area contributed by atoms with Gasteiger partial charge in [0.25, 0.3) is 11.7 Å². The van der Waals surface area contributed by atoms with Crippen LogP contribution in [-0.4, -0.2) is 36.2 Å². The van der Waals surface area contributed by atoms with Gasteiger partial charge >= 0.3 is 0 Å². The van der Waals surface area contributed by atoms with Crippen LogP contribution in [0.4, 0.5) is 0 Å². The summed E-state index contributed by atoms with van der Waals surface area (Å²) in [6.45, 7) is 1.76. The van der Waals surface area contributed by atoms with E-state index in [0.717, 1.165) is 0 Å². The van der Waals surface area contributed by atoms with Crippen molar-refractivity contribution in [3.05, 3.63) is 95.3 Å². The zero-order valence-corrected chi connectivity index (χ0v) is 17.1. The van der Waals surface area contributed by atoms with Crippen LogP contribution < -0.4 is 0 Å². The van der Waals surface area contributed by atoms with E-state index in [-0.39, 0.29) is 23.6 Å². The molecule has 0 spiro atoms. The number of Topliss-reactive ketones (excluding diaryl/α,β-unsaturated/α-hetero) is 1. The molecule has 0 saturated carbocycles. The topological polar surface area (TPSA) is 108 Å². The molecule has 0 bridgehead atoms. The summed E-state index contributed by atoms with van der Waals surface area (Å²) < 4.78 is 7.06. The van der Waals surface area contributed by atoms with Gasteiger partial charge in [-0.3, -0.25) is 14.0 Å². The average Bonchev–Trinajstić information content (AvgIpc) is 3.46. The van der Waals surface area contributed by atoms with Gasteiger partial charge in [0.05, 0.1) is 30.1 Å². The molecule has 1 fully saturated rings. The van der Waals surface area contributed by atoms with Gasteiger partial charge in [-0.25, -0.2) is 4.98 Å². The van der Waals surface area contributed by atoms with Crippen molar-refractivity contribution in [1.82, 2.24) is 14.3 Å². The number of ketones is 1. The van der Waals surface area contributed by atoms with E-state index in [1.54, 1.807) is 53.9 Å². The van der Waals surface area contributed by atoms with Gasteiger partial charge in [-0.05, 0) is 48.9 Å². The van der Waals surface area contributed by atoms with Crippen molar-refractivity contribution < 1.29 is 24.2 Å². The van der Waals surface area contributed by atoms with Crippen LogP contribution in [0.25, 0.3) is 11.4 Å². The third kappa shape index (κ3) is 3.04. The Labute approximate surface area is 182 Å². The number of aliphatic hydroxyl groups is 1. The summed E-state index contributed by atoms with van der Waals surface area (Å²) in [5, 5.41) is 21.4. The highest BCUT2D eigenvalue weighted by atomic mass is 16.3. The number of rotatable bonds is 4. The molecule has 8 heteroatoms. The van der Waals surface area contributed by atoms with Crippen LogP contribution in [0.15, 0.2) is 77.0 Å². The van der Waals surface area contributed by atoms with Crippen LogP contribution in [0.2, 0.25) is 0 Å². The van der Waals surface area contributed by atoms with Gasteiger partial charge in [-0.2, -0.15) is 0 Å². The summed E-state index contributed by atoms with van der Waals surface area (Å²) in [4.78, 5) is 32.0. The number of carbonyl (C=O) groups is 2. The molecule has 2 N–H and O–H groups in total. The molecular weight excluding hydrogens is 410 g/mol. The van der Waals surface area contributed by atoms with Crippen LogP contribution in [0.3, 0.4) is 0 Å². The lowest BCUT2D eigenvalue weighted by molar-refractivity contribution is -0.140. The molecule has 1 amide bonds. The predicted molar refractivity (Wildman–Crippen MR) is 115 cm³/mol. The van der Waals surface area contributed by atoms with Crippen molar-refractivity contribution in [1.29, 1.82) is 0 Å². The van der Waals surface area contributed by atoms with E-state index in [1.165, 1.54) is 23.3 Å². The number of aromatic hydroxyl groups is 1. The molecule has 1 saturated heterocycles. The molecule has 1 aliphatic heterocycles. The fraction of sp³-hybridized carbons (Fsp3) is 0.125. The second-order valence-corrected chi connectivity index (χ2v) is 7.58. The number of fused-ring (bicyclic) bond motifs is 1.